The molecule has 32 heavy (non-hydrogen) atoms. The Kier molecular flexibility index (Phi) is 7.80. The smallest absolute Gasteiger partial charge is 0.282 e. The molecule has 1 amide bonds. The summed E-state index contributed by atoms with van der Waals surface area (Å²) in [4.78, 5) is 22.7. The highest BCUT2D eigenvalue weighted by Crippen LogP contribution is 2.37. The fraction of sp³-hybridized carbons (Fsp3) is 0.0909. The van der Waals surface area contributed by atoms with Crippen molar-refractivity contribution in [1.82, 2.24) is 5.43 Å². The van der Waals surface area contributed by atoms with Crippen molar-refractivity contribution in [3.8, 4) is 11.5 Å². The van der Waals surface area contributed by atoms with Crippen LogP contribution in [0.1, 0.15) is 21.5 Å². The zero-order valence-corrected chi connectivity index (χ0v) is 19.1. The van der Waals surface area contributed by atoms with Crippen LogP contribution in [0, 0.1) is 10.1 Å². The Labute approximate surface area is 197 Å². The summed E-state index contributed by atoms with van der Waals surface area (Å²) in [6.07, 6.45) is 1.39. The Bertz CT molecular complexity index is 1190. The summed E-state index contributed by atoms with van der Waals surface area (Å²) in [7, 11) is 1.50. The molecule has 8 nitrogen and oxygen atoms in total. The third-order valence-corrected chi connectivity index (χ3v) is 5.26. The first kappa shape index (κ1) is 23.2. The van der Waals surface area contributed by atoms with Crippen molar-refractivity contribution in [3.63, 3.8) is 0 Å². The van der Waals surface area contributed by atoms with Crippen LogP contribution in [0.25, 0.3) is 0 Å². The average molecular weight is 519 g/mol. The van der Waals surface area contributed by atoms with Gasteiger partial charge in [-0.15, -0.1) is 0 Å². The number of ether oxygens (including phenoxy) is 2. The molecular weight excluding hydrogens is 502 g/mol. The van der Waals surface area contributed by atoms with Crippen molar-refractivity contribution in [1.29, 1.82) is 0 Å². The number of halogens is 2. The summed E-state index contributed by atoms with van der Waals surface area (Å²) >= 11 is 9.62. The lowest BCUT2D eigenvalue weighted by atomic mass is 10.2. The number of para-hydroxylation sites is 1. The molecule has 0 radical (unpaired) electrons. The van der Waals surface area contributed by atoms with Crippen molar-refractivity contribution in [3.05, 3.63) is 97.0 Å². The lowest BCUT2D eigenvalue weighted by molar-refractivity contribution is -0.385. The molecule has 0 aliphatic heterocycles. The molecule has 164 valence electrons. The fourth-order valence-corrected chi connectivity index (χ4v) is 3.53. The molecule has 10 heteroatoms. The first-order valence-corrected chi connectivity index (χ1v) is 10.4. The Morgan fingerprint density at radius 1 is 1.22 bits per heavy atom. The van der Waals surface area contributed by atoms with Gasteiger partial charge in [-0.2, -0.15) is 5.10 Å². The molecule has 0 unspecified atom stereocenters. The van der Waals surface area contributed by atoms with Crippen molar-refractivity contribution in [2.45, 2.75) is 6.61 Å². The van der Waals surface area contributed by atoms with E-state index in [2.05, 4.69) is 26.5 Å². The molecule has 0 saturated carbocycles. The number of nitro groups is 1. The molecule has 0 fully saturated rings. The summed E-state index contributed by atoms with van der Waals surface area (Å²) in [6.45, 7) is 0.244. The minimum Gasteiger partial charge on any atom is -0.493 e. The Balaban J connectivity index is 1.73. The number of methoxy groups -OCH3 is 1. The van der Waals surface area contributed by atoms with Crippen LogP contribution in [0.3, 0.4) is 0 Å². The van der Waals surface area contributed by atoms with E-state index in [9.17, 15) is 14.9 Å². The van der Waals surface area contributed by atoms with Crippen LogP contribution in [0.5, 0.6) is 11.5 Å². The second-order valence-corrected chi connectivity index (χ2v) is 7.65. The second-order valence-electron chi connectivity index (χ2n) is 6.39. The monoisotopic (exact) mass is 517 g/mol. The average Bonchev–Trinajstić information content (AvgIpc) is 2.79. The molecular formula is C22H17BrClN3O5. The fourth-order valence-electron chi connectivity index (χ4n) is 2.77. The van der Waals surface area contributed by atoms with Gasteiger partial charge in [-0.25, -0.2) is 5.43 Å². The maximum absolute atomic E-state index is 12.3. The maximum Gasteiger partial charge on any atom is 0.282 e. The molecule has 3 rings (SSSR count). The van der Waals surface area contributed by atoms with Gasteiger partial charge in [0.1, 0.15) is 12.2 Å². The van der Waals surface area contributed by atoms with E-state index in [-0.39, 0.29) is 17.9 Å². The number of nitrogens with one attached hydrogen (secondary N) is 1. The number of nitrogens with zero attached hydrogens (tertiary/aromatic N) is 2. The first-order chi connectivity index (χ1) is 15.4. The highest BCUT2D eigenvalue weighted by atomic mass is 79.9. The maximum atomic E-state index is 12.3. The molecule has 0 atom stereocenters. The van der Waals surface area contributed by atoms with Gasteiger partial charge in [0.15, 0.2) is 11.5 Å². The Morgan fingerprint density at radius 2 is 1.94 bits per heavy atom. The van der Waals surface area contributed by atoms with E-state index in [4.69, 9.17) is 21.1 Å². The van der Waals surface area contributed by atoms with Crippen LogP contribution >= 0.6 is 27.5 Å². The highest BCUT2D eigenvalue weighted by Gasteiger charge is 2.18. The number of hydrazone groups is 1. The van der Waals surface area contributed by atoms with E-state index in [1.54, 1.807) is 18.2 Å². The van der Waals surface area contributed by atoms with Crippen molar-refractivity contribution in [2.75, 3.05) is 7.11 Å². The highest BCUT2D eigenvalue weighted by molar-refractivity contribution is 9.10. The third kappa shape index (κ3) is 5.63. The standard InChI is InChI=1S/C22H17BrClN3O5/c1-31-20-11-14(10-17(23)21(20)32-13-15-6-2-4-8-18(15)24)12-25-26-22(28)16-7-3-5-9-19(16)27(29)30/h2-12H,13H2,1H3,(H,26,28)/b25-12-. The SMILES string of the molecule is COc1cc(/C=N\NC(=O)c2ccccc2[N+](=O)[O-])cc(Br)c1OCc1ccccc1Cl. The number of amides is 1. The van der Waals surface area contributed by atoms with Gasteiger partial charge in [-0.3, -0.25) is 14.9 Å². The van der Waals surface area contributed by atoms with Crippen LogP contribution in [0.15, 0.2) is 70.2 Å². The number of rotatable bonds is 8. The van der Waals surface area contributed by atoms with E-state index in [1.807, 2.05) is 18.2 Å². The van der Waals surface area contributed by atoms with Gasteiger partial charge in [0, 0.05) is 16.7 Å². The van der Waals surface area contributed by atoms with Gasteiger partial charge >= 0.3 is 0 Å². The van der Waals surface area contributed by atoms with Crippen molar-refractivity contribution < 1.29 is 19.2 Å². The number of hydrogen-bond acceptors (Lipinski definition) is 6. The quantitative estimate of drug-likeness (QED) is 0.246. The van der Waals surface area contributed by atoms with E-state index in [0.29, 0.717) is 26.6 Å². The van der Waals surface area contributed by atoms with E-state index < -0.39 is 10.8 Å². The largest absolute Gasteiger partial charge is 0.493 e. The zero-order valence-electron chi connectivity index (χ0n) is 16.7. The van der Waals surface area contributed by atoms with E-state index >= 15 is 0 Å². The third-order valence-electron chi connectivity index (χ3n) is 4.31. The molecule has 0 aliphatic carbocycles. The van der Waals surface area contributed by atoms with E-state index in [0.717, 1.165) is 5.56 Å². The van der Waals surface area contributed by atoms with Crippen LogP contribution in [-0.2, 0) is 6.61 Å². The van der Waals surface area contributed by atoms with Crippen LogP contribution in [-0.4, -0.2) is 24.2 Å². The predicted molar refractivity (Wildman–Crippen MR) is 125 cm³/mol. The Morgan fingerprint density at radius 3 is 2.66 bits per heavy atom. The number of carbonyl (C=O) groups is 1. The number of benzene rings is 3. The summed E-state index contributed by atoms with van der Waals surface area (Å²) < 4.78 is 11.9. The molecule has 0 heterocycles. The summed E-state index contributed by atoms with van der Waals surface area (Å²) in [5.74, 6) is 0.227. The van der Waals surface area contributed by atoms with E-state index in [1.165, 1.54) is 37.6 Å². The van der Waals surface area contributed by atoms with Gasteiger partial charge in [0.05, 0.1) is 22.7 Å². The van der Waals surface area contributed by atoms with Gasteiger partial charge in [0.2, 0.25) is 0 Å². The van der Waals surface area contributed by atoms with Crippen molar-refractivity contribution >= 4 is 45.3 Å². The topological polar surface area (TPSA) is 103 Å². The van der Waals surface area contributed by atoms with Gasteiger partial charge in [-0.1, -0.05) is 41.9 Å². The van der Waals surface area contributed by atoms with Crippen molar-refractivity contribution in [2.24, 2.45) is 5.10 Å². The molecule has 3 aromatic carbocycles. The first-order valence-electron chi connectivity index (χ1n) is 9.21. The number of nitro benzene ring substituents is 1. The van der Waals surface area contributed by atoms with Gasteiger partial charge in [0.25, 0.3) is 11.6 Å². The van der Waals surface area contributed by atoms with Gasteiger partial charge in [-0.05, 0) is 45.8 Å². The molecule has 0 aromatic heterocycles. The minimum atomic E-state index is -0.695. The lowest BCUT2D eigenvalue weighted by Crippen LogP contribution is -2.18. The molecule has 0 saturated heterocycles. The molecule has 1 N–H and O–H groups in total. The Hall–Kier alpha value is -3.43. The molecule has 0 aliphatic rings. The summed E-state index contributed by atoms with van der Waals surface area (Å²) in [5, 5.41) is 15.6. The zero-order chi connectivity index (χ0) is 23.1. The molecule has 0 spiro atoms. The molecule has 3 aromatic rings. The lowest BCUT2D eigenvalue weighted by Gasteiger charge is -2.14. The normalized spacial score (nSPS) is 10.7. The van der Waals surface area contributed by atoms with Crippen LogP contribution in [0.2, 0.25) is 5.02 Å². The van der Waals surface area contributed by atoms with Crippen LogP contribution in [0.4, 0.5) is 5.69 Å². The number of carbonyl (C=O) groups excluding carboxylic acids is 1. The predicted octanol–water partition coefficient (Wildman–Crippen LogP) is 5.36. The molecule has 0 bridgehead atoms. The second kappa shape index (κ2) is 10.7. The van der Waals surface area contributed by atoms with Gasteiger partial charge < -0.3 is 9.47 Å². The number of hydrogen-bond donors (Lipinski definition) is 1. The minimum absolute atomic E-state index is 0.0864. The van der Waals surface area contributed by atoms with Crippen LogP contribution < -0.4 is 14.9 Å². The summed E-state index contributed by atoms with van der Waals surface area (Å²) in [5.41, 5.74) is 3.33. The summed E-state index contributed by atoms with van der Waals surface area (Å²) in [6, 6.07) is 16.4.